The van der Waals surface area contributed by atoms with Gasteiger partial charge in [0.25, 0.3) is 0 Å². The van der Waals surface area contributed by atoms with Crippen LogP contribution < -0.4 is 10.1 Å². The Morgan fingerprint density at radius 1 is 0.800 bits per heavy atom. The second-order valence-corrected chi connectivity index (χ2v) is 14.3. The third-order valence-corrected chi connectivity index (χ3v) is 12.0. The van der Waals surface area contributed by atoms with E-state index in [1.54, 1.807) is 0 Å². The van der Waals surface area contributed by atoms with Gasteiger partial charge < -0.3 is 19.6 Å². The minimum Gasteiger partial charge on any atom is -0.487 e. The van der Waals surface area contributed by atoms with Gasteiger partial charge in [0, 0.05) is 6.54 Å². The molecule has 0 atom stereocenters. The summed E-state index contributed by atoms with van der Waals surface area (Å²) >= 11 is 0. The number of aliphatic hydroxyl groups excluding tert-OH is 1. The number of benzene rings is 2. The van der Waals surface area contributed by atoms with Crippen LogP contribution in [0.15, 0.2) is 48.5 Å². The Labute approximate surface area is 183 Å². The molecule has 0 aromatic heterocycles. The lowest BCUT2D eigenvalue weighted by atomic mass is 10.1. The second-order valence-electron chi connectivity index (χ2n) is 8.86. The maximum atomic E-state index is 9.03. The molecule has 166 valence electrons. The molecule has 0 heterocycles. The highest BCUT2D eigenvalue weighted by molar-refractivity contribution is 6.77. The molecule has 0 saturated heterocycles. The van der Waals surface area contributed by atoms with Gasteiger partial charge in [-0.05, 0) is 39.9 Å². The van der Waals surface area contributed by atoms with Crippen LogP contribution in [-0.4, -0.2) is 26.6 Å². The molecule has 2 aromatic rings. The van der Waals surface area contributed by atoms with Gasteiger partial charge in [-0.2, -0.15) is 0 Å². The second kappa shape index (κ2) is 11.5. The fourth-order valence-electron chi connectivity index (χ4n) is 4.53. The summed E-state index contributed by atoms with van der Waals surface area (Å²) in [5.41, 5.74) is 4.99. The summed E-state index contributed by atoms with van der Waals surface area (Å²) in [5.74, 6) is 0.792. The molecular weight excluding hydrogens is 390 g/mol. The van der Waals surface area contributed by atoms with E-state index in [2.05, 4.69) is 71.1 Å². The number of hydrogen-bond acceptors (Lipinski definition) is 4. The van der Waals surface area contributed by atoms with Crippen LogP contribution in [-0.2, 0) is 17.6 Å². The molecule has 0 saturated carbocycles. The first-order valence-corrected chi connectivity index (χ1v) is 13.2. The molecule has 0 spiro atoms. The molecule has 2 aromatic carbocycles. The zero-order chi connectivity index (χ0) is 22.1. The Kier molecular flexibility index (Phi) is 9.40. The standard InChI is InChI=1S/C25H39NO3Si/c1-19(2)30(20(3)4,21(5)6)29-18-23-13-11-22(12-14-23)17-28-25-10-8-7-9-24(25)26-15-16-27/h7-14,19-21,26-27H,15-18H2,1-6H3. The Morgan fingerprint density at radius 3 is 1.87 bits per heavy atom. The molecule has 0 unspecified atom stereocenters. The van der Waals surface area contributed by atoms with E-state index in [1.165, 1.54) is 5.56 Å². The van der Waals surface area contributed by atoms with E-state index in [4.69, 9.17) is 14.3 Å². The van der Waals surface area contributed by atoms with Crippen LogP contribution in [0.4, 0.5) is 5.69 Å². The molecule has 0 aliphatic rings. The molecule has 0 amide bonds. The van der Waals surface area contributed by atoms with E-state index in [0.717, 1.165) is 17.0 Å². The van der Waals surface area contributed by atoms with E-state index in [-0.39, 0.29) is 6.61 Å². The Bertz CT molecular complexity index is 737. The quantitative estimate of drug-likeness (QED) is 0.385. The van der Waals surface area contributed by atoms with Crippen LogP contribution in [0.1, 0.15) is 52.7 Å². The van der Waals surface area contributed by atoms with Crippen molar-refractivity contribution in [1.29, 1.82) is 0 Å². The SMILES string of the molecule is CC(C)[Si](OCc1ccc(COc2ccccc2NCCO)cc1)(C(C)C)C(C)C. The smallest absolute Gasteiger partial charge is 0.200 e. The average molecular weight is 430 g/mol. The van der Waals surface area contributed by atoms with Gasteiger partial charge in [0.15, 0.2) is 0 Å². The molecule has 0 fully saturated rings. The van der Waals surface area contributed by atoms with E-state index in [1.807, 2.05) is 24.3 Å². The number of ether oxygens (including phenoxy) is 1. The van der Waals surface area contributed by atoms with Crippen LogP contribution in [0.25, 0.3) is 0 Å². The summed E-state index contributed by atoms with van der Waals surface area (Å²) in [5, 5.41) is 12.2. The van der Waals surface area contributed by atoms with Crippen molar-refractivity contribution in [2.24, 2.45) is 0 Å². The molecule has 5 heteroatoms. The van der Waals surface area contributed by atoms with Crippen molar-refractivity contribution in [1.82, 2.24) is 0 Å². The van der Waals surface area contributed by atoms with E-state index >= 15 is 0 Å². The van der Waals surface area contributed by atoms with Gasteiger partial charge in [-0.3, -0.25) is 0 Å². The maximum absolute atomic E-state index is 9.03. The minimum absolute atomic E-state index is 0.0897. The van der Waals surface area contributed by atoms with Gasteiger partial charge in [-0.1, -0.05) is 77.9 Å². The summed E-state index contributed by atoms with van der Waals surface area (Å²) in [6, 6.07) is 16.3. The van der Waals surface area contributed by atoms with Crippen LogP contribution in [0.5, 0.6) is 5.75 Å². The van der Waals surface area contributed by atoms with Crippen molar-refractivity contribution in [2.45, 2.75) is 71.4 Å². The lowest BCUT2D eigenvalue weighted by molar-refractivity contribution is 0.265. The van der Waals surface area contributed by atoms with Crippen molar-refractivity contribution in [3.8, 4) is 5.75 Å². The number of rotatable bonds is 12. The molecule has 4 nitrogen and oxygen atoms in total. The zero-order valence-corrected chi connectivity index (χ0v) is 20.4. The summed E-state index contributed by atoms with van der Waals surface area (Å²) in [7, 11) is -1.85. The van der Waals surface area contributed by atoms with Crippen molar-refractivity contribution in [3.05, 3.63) is 59.7 Å². The van der Waals surface area contributed by atoms with Gasteiger partial charge in [0.1, 0.15) is 12.4 Å². The van der Waals surface area contributed by atoms with Gasteiger partial charge in [0.2, 0.25) is 8.32 Å². The Hall–Kier alpha value is -1.82. The summed E-state index contributed by atoms with van der Waals surface area (Å²) < 4.78 is 12.7. The highest BCUT2D eigenvalue weighted by Gasteiger charge is 2.44. The first kappa shape index (κ1) is 24.4. The largest absolute Gasteiger partial charge is 0.487 e. The van der Waals surface area contributed by atoms with Gasteiger partial charge in [-0.25, -0.2) is 0 Å². The highest BCUT2D eigenvalue weighted by Crippen LogP contribution is 2.42. The number of nitrogens with one attached hydrogen (secondary N) is 1. The molecule has 0 bridgehead atoms. The maximum Gasteiger partial charge on any atom is 0.200 e. The molecule has 2 N–H and O–H groups in total. The predicted octanol–water partition coefficient (Wildman–Crippen LogP) is 6.36. The summed E-state index contributed by atoms with van der Waals surface area (Å²) in [6.07, 6.45) is 0. The predicted molar refractivity (Wildman–Crippen MR) is 129 cm³/mol. The molecule has 0 aliphatic heterocycles. The monoisotopic (exact) mass is 429 g/mol. The molecule has 2 rings (SSSR count). The molecule has 0 radical (unpaired) electrons. The summed E-state index contributed by atoms with van der Waals surface area (Å²) in [4.78, 5) is 0. The first-order chi connectivity index (χ1) is 14.3. The van der Waals surface area contributed by atoms with Crippen molar-refractivity contribution in [2.75, 3.05) is 18.5 Å². The van der Waals surface area contributed by atoms with Crippen LogP contribution in [0.3, 0.4) is 0 Å². The number of hydrogen-bond donors (Lipinski definition) is 2. The third kappa shape index (κ3) is 6.09. The average Bonchev–Trinajstić information content (AvgIpc) is 2.71. The number of para-hydroxylation sites is 2. The van der Waals surface area contributed by atoms with Crippen molar-refractivity contribution in [3.63, 3.8) is 0 Å². The van der Waals surface area contributed by atoms with E-state index in [9.17, 15) is 0 Å². The Morgan fingerprint density at radius 2 is 1.33 bits per heavy atom. The Balaban J connectivity index is 1.99. The van der Waals surface area contributed by atoms with E-state index < -0.39 is 8.32 Å². The molecular formula is C25H39NO3Si. The van der Waals surface area contributed by atoms with E-state index in [0.29, 0.717) is 36.4 Å². The zero-order valence-electron chi connectivity index (χ0n) is 19.4. The van der Waals surface area contributed by atoms with Crippen molar-refractivity contribution >= 4 is 14.0 Å². The third-order valence-electron chi connectivity index (χ3n) is 5.93. The van der Waals surface area contributed by atoms with Gasteiger partial charge in [-0.15, -0.1) is 0 Å². The lowest BCUT2D eigenvalue weighted by Gasteiger charge is -2.42. The van der Waals surface area contributed by atoms with Crippen LogP contribution >= 0.6 is 0 Å². The fraction of sp³-hybridized carbons (Fsp3) is 0.520. The van der Waals surface area contributed by atoms with Crippen LogP contribution in [0.2, 0.25) is 16.6 Å². The number of anilines is 1. The summed E-state index contributed by atoms with van der Waals surface area (Å²) in [6.45, 7) is 15.7. The van der Waals surface area contributed by atoms with Crippen molar-refractivity contribution < 1.29 is 14.3 Å². The van der Waals surface area contributed by atoms with Gasteiger partial charge >= 0.3 is 0 Å². The molecule has 30 heavy (non-hydrogen) atoms. The molecule has 0 aliphatic carbocycles. The fourth-order valence-corrected chi connectivity index (χ4v) is 9.95. The lowest BCUT2D eigenvalue weighted by Crippen LogP contribution is -2.47. The van der Waals surface area contributed by atoms with Gasteiger partial charge in [0.05, 0.1) is 18.9 Å². The first-order valence-electron chi connectivity index (χ1n) is 11.1. The minimum atomic E-state index is -1.85. The normalized spacial score (nSPS) is 12.1. The van der Waals surface area contributed by atoms with Crippen LogP contribution in [0, 0.1) is 0 Å². The number of aliphatic hydroxyl groups is 1. The topological polar surface area (TPSA) is 50.7 Å². The highest BCUT2D eigenvalue weighted by atomic mass is 28.4.